The van der Waals surface area contributed by atoms with Crippen LogP contribution in [0.25, 0.3) is 0 Å². The Morgan fingerprint density at radius 2 is 2.15 bits per heavy atom. The molecule has 0 amide bonds. The minimum absolute atomic E-state index is 0.692. The van der Waals surface area contributed by atoms with Gasteiger partial charge in [0, 0.05) is 17.6 Å². The van der Waals surface area contributed by atoms with E-state index in [2.05, 4.69) is 23.4 Å². The van der Waals surface area contributed by atoms with Crippen molar-refractivity contribution in [2.24, 2.45) is 12.0 Å². The molecule has 0 spiro atoms. The molecule has 0 N–H and O–H groups in total. The Morgan fingerprint density at radius 3 is 2.54 bits per heavy atom. The van der Waals surface area contributed by atoms with Crippen LogP contribution >= 0.6 is 35.3 Å². The van der Waals surface area contributed by atoms with E-state index in [1.54, 1.807) is 11.3 Å². The highest BCUT2D eigenvalue weighted by Crippen LogP contribution is 2.08. The fourth-order valence-corrected chi connectivity index (χ4v) is 2.23. The molecule has 1 rings (SSSR count). The number of thiocarbonyl (C=S) groups is 1. The monoisotopic (exact) mass is 232 g/mol. The molecule has 1 heterocycles. The summed E-state index contributed by atoms with van der Waals surface area (Å²) in [5.41, 5.74) is 1.26. The van der Waals surface area contributed by atoms with Crippen LogP contribution in [0.1, 0.15) is 10.6 Å². The zero-order chi connectivity index (χ0) is 10.0. The summed E-state index contributed by atoms with van der Waals surface area (Å²) >= 11 is 8.22. The lowest BCUT2D eigenvalue weighted by atomic mass is 10.4. The molecular weight excluding hydrogens is 220 g/mol. The van der Waals surface area contributed by atoms with Crippen LogP contribution in [0.3, 0.4) is 0 Å². The second-order valence-electron chi connectivity index (χ2n) is 2.67. The first-order chi connectivity index (χ1) is 6.06. The van der Waals surface area contributed by atoms with E-state index in [0.29, 0.717) is 4.32 Å². The van der Waals surface area contributed by atoms with Crippen LogP contribution in [0.2, 0.25) is 0 Å². The van der Waals surface area contributed by atoms with E-state index in [1.165, 1.54) is 22.3 Å². The Labute approximate surface area is 91.7 Å². The molecule has 0 saturated carbocycles. The molecule has 13 heavy (non-hydrogen) atoms. The molecule has 0 radical (unpaired) electrons. The van der Waals surface area contributed by atoms with Crippen molar-refractivity contribution in [2.75, 3.05) is 6.26 Å². The number of aromatic nitrogens is 1. The first-order valence-electron chi connectivity index (χ1n) is 3.82. The first kappa shape index (κ1) is 10.9. The predicted octanol–water partition coefficient (Wildman–Crippen LogP) is 2.25. The number of hydrogen-bond acceptors (Lipinski definition) is 3. The van der Waals surface area contributed by atoms with Gasteiger partial charge in [-0.15, -0.1) is 11.3 Å². The Bertz CT molecular complexity index is 387. The normalized spacial score (nSPS) is 12.2. The van der Waals surface area contributed by atoms with Gasteiger partial charge in [-0.05, 0) is 20.1 Å². The van der Waals surface area contributed by atoms with Gasteiger partial charge in [-0.1, -0.05) is 24.0 Å². The van der Waals surface area contributed by atoms with Gasteiger partial charge in [0.2, 0.25) is 0 Å². The summed E-state index contributed by atoms with van der Waals surface area (Å²) in [6, 6.07) is 0. The first-order valence-corrected chi connectivity index (χ1v) is 6.27. The summed E-state index contributed by atoms with van der Waals surface area (Å²) in [6.07, 6.45) is 1.94. The highest BCUT2D eigenvalue weighted by molar-refractivity contribution is 8.22. The van der Waals surface area contributed by atoms with Crippen LogP contribution in [0.4, 0.5) is 0 Å². The average molecular weight is 232 g/mol. The van der Waals surface area contributed by atoms with Gasteiger partial charge in [0.1, 0.15) is 0 Å². The van der Waals surface area contributed by atoms with Crippen molar-refractivity contribution in [1.29, 1.82) is 0 Å². The van der Waals surface area contributed by atoms with Crippen molar-refractivity contribution in [3.05, 3.63) is 15.4 Å². The fourth-order valence-electron chi connectivity index (χ4n) is 0.880. The van der Waals surface area contributed by atoms with Gasteiger partial charge in [-0.25, -0.2) is 4.99 Å². The lowest BCUT2D eigenvalue weighted by Crippen LogP contribution is -2.12. The van der Waals surface area contributed by atoms with Crippen LogP contribution in [0.15, 0.2) is 4.99 Å². The summed E-state index contributed by atoms with van der Waals surface area (Å²) in [7, 11) is 2.01. The van der Waals surface area contributed by atoms with E-state index in [4.69, 9.17) is 12.2 Å². The Morgan fingerprint density at radius 1 is 1.54 bits per heavy atom. The van der Waals surface area contributed by atoms with Gasteiger partial charge in [0.25, 0.3) is 0 Å². The standard InChI is InChI=1S/C8H12N2S3/c1-5-6(2)13-7(10(5)3)9-8(11)12-4/h1-4H3. The van der Waals surface area contributed by atoms with Gasteiger partial charge >= 0.3 is 0 Å². The Hall–Kier alpha value is -0.130. The summed E-state index contributed by atoms with van der Waals surface area (Å²) in [6.45, 7) is 4.19. The molecule has 0 aliphatic carbocycles. The molecule has 0 aliphatic rings. The van der Waals surface area contributed by atoms with Crippen molar-refractivity contribution in [3.63, 3.8) is 0 Å². The molecule has 0 atom stereocenters. The predicted molar refractivity (Wildman–Crippen MR) is 64.4 cm³/mol. The second-order valence-corrected chi connectivity index (χ2v) is 5.29. The van der Waals surface area contributed by atoms with Crippen LogP contribution in [-0.2, 0) is 7.05 Å². The molecule has 0 saturated heterocycles. The smallest absolute Gasteiger partial charge is 0.191 e. The topological polar surface area (TPSA) is 17.3 Å². The summed E-state index contributed by atoms with van der Waals surface area (Å²) in [4.78, 5) is 6.61. The number of thioether (sulfide) groups is 1. The third-order valence-corrected chi connectivity index (χ3v) is 4.09. The van der Waals surface area contributed by atoms with Gasteiger partial charge in [0.15, 0.2) is 9.12 Å². The summed E-state index contributed by atoms with van der Waals surface area (Å²) < 4.78 is 2.76. The Kier molecular flexibility index (Phi) is 3.70. The molecular formula is C8H12N2S3. The zero-order valence-corrected chi connectivity index (χ0v) is 10.6. The molecule has 0 aliphatic heterocycles. The molecule has 1 aromatic heterocycles. The average Bonchev–Trinajstić information content (AvgIpc) is 2.34. The molecule has 0 bridgehead atoms. The lowest BCUT2D eigenvalue weighted by molar-refractivity contribution is 0.834. The van der Waals surface area contributed by atoms with Crippen molar-refractivity contribution >= 4 is 39.6 Å². The minimum Gasteiger partial charge on any atom is -0.324 e. The molecule has 1 aromatic rings. The highest BCUT2D eigenvalue weighted by atomic mass is 32.2. The van der Waals surface area contributed by atoms with Gasteiger partial charge in [-0.3, -0.25) is 0 Å². The molecule has 2 nitrogen and oxygen atoms in total. The third kappa shape index (κ3) is 2.42. The van der Waals surface area contributed by atoms with Gasteiger partial charge < -0.3 is 4.57 Å². The van der Waals surface area contributed by atoms with E-state index in [-0.39, 0.29) is 0 Å². The highest BCUT2D eigenvalue weighted by Gasteiger charge is 2.01. The number of rotatable bonds is 0. The molecule has 0 fully saturated rings. The van der Waals surface area contributed by atoms with Crippen molar-refractivity contribution in [1.82, 2.24) is 4.57 Å². The second kappa shape index (κ2) is 4.39. The maximum Gasteiger partial charge on any atom is 0.191 e. The van der Waals surface area contributed by atoms with Crippen molar-refractivity contribution < 1.29 is 0 Å². The zero-order valence-electron chi connectivity index (χ0n) is 8.12. The summed E-state index contributed by atoms with van der Waals surface area (Å²) in [5.74, 6) is 0. The quantitative estimate of drug-likeness (QED) is 0.638. The minimum atomic E-state index is 0.692. The lowest BCUT2D eigenvalue weighted by Gasteiger charge is -1.94. The van der Waals surface area contributed by atoms with Crippen molar-refractivity contribution in [2.45, 2.75) is 13.8 Å². The van der Waals surface area contributed by atoms with E-state index in [0.717, 1.165) is 4.80 Å². The van der Waals surface area contributed by atoms with Crippen molar-refractivity contribution in [3.8, 4) is 0 Å². The van der Waals surface area contributed by atoms with E-state index >= 15 is 0 Å². The van der Waals surface area contributed by atoms with Crippen LogP contribution < -0.4 is 4.80 Å². The molecule has 0 aromatic carbocycles. The van der Waals surface area contributed by atoms with Crippen LogP contribution in [0, 0.1) is 13.8 Å². The van der Waals surface area contributed by atoms with Crippen LogP contribution in [-0.4, -0.2) is 15.1 Å². The largest absolute Gasteiger partial charge is 0.324 e. The van der Waals surface area contributed by atoms with Gasteiger partial charge in [0.05, 0.1) is 0 Å². The van der Waals surface area contributed by atoms with E-state index in [9.17, 15) is 0 Å². The maximum atomic E-state index is 5.04. The fraction of sp³-hybridized carbons (Fsp3) is 0.500. The van der Waals surface area contributed by atoms with E-state index in [1.807, 2.05) is 13.3 Å². The van der Waals surface area contributed by atoms with Crippen LogP contribution in [0.5, 0.6) is 0 Å². The third-order valence-electron chi connectivity index (χ3n) is 1.91. The maximum absolute atomic E-state index is 5.04. The molecule has 0 unspecified atom stereocenters. The summed E-state index contributed by atoms with van der Waals surface area (Å²) in [5, 5.41) is 0. The number of hydrogen-bond donors (Lipinski definition) is 0. The Balaban J connectivity index is 3.23. The molecule has 5 heteroatoms. The van der Waals surface area contributed by atoms with E-state index < -0.39 is 0 Å². The number of nitrogens with zero attached hydrogens (tertiary/aromatic N) is 2. The number of thiazole rings is 1. The molecule has 72 valence electrons. The van der Waals surface area contributed by atoms with Gasteiger partial charge in [-0.2, -0.15) is 0 Å². The number of aryl methyl sites for hydroxylation is 1. The SMILES string of the molecule is CSC(=S)N=c1sc(C)c(C)n1C.